The molecule has 0 aromatic heterocycles. The molecule has 2 aliphatic heterocycles. The van der Waals surface area contributed by atoms with E-state index >= 15 is 0 Å². The molecule has 186 valence electrons. The molecule has 0 bridgehead atoms. The van der Waals surface area contributed by atoms with Crippen LogP contribution in [0.1, 0.15) is 45.7 Å². The van der Waals surface area contributed by atoms with E-state index in [4.69, 9.17) is 19.3 Å². The molecule has 8 heteroatoms. The summed E-state index contributed by atoms with van der Waals surface area (Å²) in [5.74, 6) is 0.0355. The van der Waals surface area contributed by atoms with Crippen LogP contribution in [0.2, 0.25) is 0 Å². The number of carboxylic acids is 1. The van der Waals surface area contributed by atoms with Crippen molar-refractivity contribution in [1.29, 1.82) is 0 Å². The Morgan fingerprint density at radius 2 is 1.84 bits per heavy atom. The number of aromatic carboxylic acids is 1. The van der Waals surface area contributed by atoms with Crippen LogP contribution in [0.3, 0.4) is 0 Å². The van der Waals surface area contributed by atoms with E-state index < -0.39 is 12.2 Å². The fourth-order valence-corrected chi connectivity index (χ4v) is 5.65. The molecule has 0 spiro atoms. The van der Waals surface area contributed by atoms with Gasteiger partial charge >= 0.3 is 5.97 Å². The lowest BCUT2D eigenvalue weighted by molar-refractivity contribution is -0.0199. The van der Waals surface area contributed by atoms with Crippen LogP contribution in [-0.2, 0) is 0 Å². The Morgan fingerprint density at radius 1 is 1.03 bits per heavy atom. The minimum absolute atomic E-state index is 0.0139. The van der Waals surface area contributed by atoms with Gasteiger partial charge in [-0.15, -0.1) is 0 Å². The summed E-state index contributed by atoms with van der Waals surface area (Å²) in [5.41, 5.74) is 3.38. The molecule has 2 heterocycles. The molecule has 0 saturated heterocycles. The molecular formula is C29H23BrN2O5. The van der Waals surface area contributed by atoms with Crippen LogP contribution in [0.4, 0.5) is 0 Å². The maximum atomic E-state index is 12.5. The number of hydrazone groups is 1. The molecule has 2 atom stereocenters. The number of hydrogen-bond acceptors (Lipinski definition) is 6. The molecule has 37 heavy (non-hydrogen) atoms. The fourth-order valence-electron chi connectivity index (χ4n) is 5.27. The summed E-state index contributed by atoms with van der Waals surface area (Å²) >= 11 is 3.59. The van der Waals surface area contributed by atoms with E-state index in [1.165, 1.54) is 14.2 Å². The summed E-state index contributed by atoms with van der Waals surface area (Å²) in [6.45, 7) is 0. The highest BCUT2D eigenvalue weighted by molar-refractivity contribution is 9.10. The number of nitrogens with zero attached hydrogens (tertiary/aromatic N) is 2. The third-order valence-corrected chi connectivity index (χ3v) is 7.40. The lowest BCUT2D eigenvalue weighted by atomic mass is 9.93. The number of rotatable bonds is 5. The van der Waals surface area contributed by atoms with E-state index in [9.17, 15) is 9.90 Å². The summed E-state index contributed by atoms with van der Waals surface area (Å²) in [6.07, 6.45) is -0.135. The summed E-state index contributed by atoms with van der Waals surface area (Å²) < 4.78 is 18.2. The van der Waals surface area contributed by atoms with Crippen molar-refractivity contribution < 1.29 is 24.1 Å². The first-order chi connectivity index (χ1) is 18.0. The van der Waals surface area contributed by atoms with E-state index in [0.717, 1.165) is 32.1 Å². The van der Waals surface area contributed by atoms with Gasteiger partial charge in [-0.05, 0) is 41.1 Å². The molecule has 0 fully saturated rings. The van der Waals surface area contributed by atoms with Gasteiger partial charge in [0.1, 0.15) is 11.3 Å². The van der Waals surface area contributed by atoms with Crippen molar-refractivity contribution in [2.75, 3.05) is 14.2 Å². The van der Waals surface area contributed by atoms with Gasteiger partial charge in [-0.2, -0.15) is 5.10 Å². The second kappa shape index (κ2) is 9.12. The molecule has 1 N–H and O–H groups in total. The van der Waals surface area contributed by atoms with Crippen LogP contribution in [0, 0.1) is 0 Å². The Hall–Kier alpha value is -4.04. The smallest absolute Gasteiger partial charge is 0.340 e. The lowest BCUT2D eigenvalue weighted by Gasteiger charge is -2.38. The predicted molar refractivity (Wildman–Crippen MR) is 144 cm³/mol. The summed E-state index contributed by atoms with van der Waals surface area (Å²) in [7, 11) is 2.91. The van der Waals surface area contributed by atoms with Crippen molar-refractivity contribution in [2.45, 2.75) is 18.7 Å². The van der Waals surface area contributed by atoms with Gasteiger partial charge in [0.05, 0.1) is 26.0 Å². The van der Waals surface area contributed by atoms with Crippen molar-refractivity contribution in [3.05, 3.63) is 99.5 Å². The van der Waals surface area contributed by atoms with Crippen molar-refractivity contribution >= 4 is 38.4 Å². The van der Waals surface area contributed by atoms with E-state index in [-0.39, 0.29) is 17.4 Å². The third-order valence-electron chi connectivity index (χ3n) is 6.91. The fraction of sp³-hybridized carbons (Fsp3) is 0.172. The first kappa shape index (κ1) is 23.4. The molecule has 4 aromatic carbocycles. The van der Waals surface area contributed by atoms with Crippen LogP contribution in [0.25, 0.3) is 10.8 Å². The van der Waals surface area contributed by atoms with Crippen molar-refractivity contribution in [2.24, 2.45) is 5.10 Å². The van der Waals surface area contributed by atoms with Crippen molar-refractivity contribution in [1.82, 2.24) is 5.01 Å². The zero-order valence-electron chi connectivity index (χ0n) is 20.1. The van der Waals surface area contributed by atoms with Crippen molar-refractivity contribution in [3.63, 3.8) is 0 Å². The minimum atomic E-state index is -1.13. The lowest BCUT2D eigenvalue weighted by Crippen LogP contribution is -2.34. The second-order valence-electron chi connectivity index (χ2n) is 8.90. The number of hydrogen-bond donors (Lipinski definition) is 1. The Morgan fingerprint density at radius 3 is 2.62 bits per heavy atom. The van der Waals surface area contributed by atoms with Crippen LogP contribution in [0.5, 0.6) is 17.2 Å². The highest BCUT2D eigenvalue weighted by atomic mass is 79.9. The van der Waals surface area contributed by atoms with Gasteiger partial charge in [0.2, 0.25) is 6.23 Å². The standard InChI is InChI=1S/C29H23BrN2O5/c1-35-25-13-11-20(26(29(33)34)27(25)36-2)28-32-23(21-14-17(30)10-12-24(21)37-28)15-22(31-32)19-9-5-7-16-6-3-4-8-18(16)19/h3-14,23,28H,15H2,1-2H3,(H,33,34)/t23-,28+/m0/s1. The topological polar surface area (TPSA) is 80.6 Å². The molecule has 0 aliphatic carbocycles. The number of carbonyl (C=O) groups is 1. The molecular weight excluding hydrogens is 536 g/mol. The van der Waals surface area contributed by atoms with E-state index in [1.807, 2.05) is 41.4 Å². The normalized spacial score (nSPS) is 18.0. The van der Waals surface area contributed by atoms with Crippen LogP contribution < -0.4 is 14.2 Å². The number of ether oxygens (including phenoxy) is 3. The Bertz CT molecular complexity index is 1580. The van der Waals surface area contributed by atoms with Crippen LogP contribution in [0.15, 0.2) is 82.4 Å². The SMILES string of the molecule is COc1ccc([C@H]2Oc3ccc(Br)cc3[C@@H]3CC(c4cccc5ccccc45)=NN23)c(C(=O)O)c1OC. The zero-order valence-corrected chi connectivity index (χ0v) is 21.7. The highest BCUT2D eigenvalue weighted by Crippen LogP contribution is 2.50. The Kier molecular flexibility index (Phi) is 5.76. The average Bonchev–Trinajstić information content (AvgIpc) is 3.37. The first-order valence-electron chi connectivity index (χ1n) is 11.8. The third kappa shape index (κ3) is 3.79. The zero-order chi connectivity index (χ0) is 25.7. The Labute approximate surface area is 222 Å². The molecule has 0 unspecified atom stereocenters. The summed E-state index contributed by atoms with van der Waals surface area (Å²) in [4.78, 5) is 12.5. The number of methoxy groups -OCH3 is 2. The monoisotopic (exact) mass is 558 g/mol. The van der Waals surface area contributed by atoms with E-state index in [2.05, 4.69) is 40.2 Å². The maximum absolute atomic E-state index is 12.5. The Balaban J connectivity index is 1.54. The van der Waals surface area contributed by atoms with Crippen LogP contribution in [-0.4, -0.2) is 36.0 Å². The van der Waals surface area contributed by atoms with E-state index in [0.29, 0.717) is 23.5 Å². The highest BCUT2D eigenvalue weighted by Gasteiger charge is 2.43. The number of halogens is 1. The molecule has 6 rings (SSSR count). The van der Waals surface area contributed by atoms with Gasteiger partial charge in [0.25, 0.3) is 0 Å². The van der Waals surface area contributed by atoms with Crippen LogP contribution >= 0.6 is 15.9 Å². The summed E-state index contributed by atoms with van der Waals surface area (Å²) in [5, 5.41) is 19.4. The molecule has 2 aliphatic rings. The number of carboxylic acid groups (broad SMARTS) is 1. The van der Waals surface area contributed by atoms with Gasteiger partial charge in [-0.1, -0.05) is 58.4 Å². The van der Waals surface area contributed by atoms with Crippen molar-refractivity contribution in [3.8, 4) is 17.2 Å². The van der Waals surface area contributed by atoms with Gasteiger partial charge in [-0.25, -0.2) is 9.80 Å². The van der Waals surface area contributed by atoms with E-state index in [1.54, 1.807) is 12.1 Å². The van der Waals surface area contributed by atoms with Gasteiger partial charge in [0, 0.05) is 27.6 Å². The maximum Gasteiger partial charge on any atom is 0.340 e. The van der Waals surface area contributed by atoms with Gasteiger partial charge in [0.15, 0.2) is 11.5 Å². The minimum Gasteiger partial charge on any atom is -0.493 e. The summed E-state index contributed by atoms with van der Waals surface area (Å²) in [6, 6.07) is 23.6. The predicted octanol–water partition coefficient (Wildman–Crippen LogP) is 6.56. The largest absolute Gasteiger partial charge is 0.493 e. The second-order valence-corrected chi connectivity index (χ2v) is 9.81. The molecule has 4 aromatic rings. The van der Waals surface area contributed by atoms with Gasteiger partial charge < -0.3 is 19.3 Å². The van der Waals surface area contributed by atoms with Gasteiger partial charge in [-0.3, -0.25) is 0 Å². The molecule has 7 nitrogen and oxygen atoms in total. The number of benzene rings is 4. The molecule has 0 amide bonds. The average molecular weight is 559 g/mol. The number of fused-ring (bicyclic) bond motifs is 4. The first-order valence-corrected chi connectivity index (χ1v) is 12.6. The molecule has 0 saturated carbocycles. The quantitative estimate of drug-likeness (QED) is 0.298. The molecule has 0 radical (unpaired) electrons.